The molecular formula is C26H30N2O6. The Balaban J connectivity index is 1.49. The number of aliphatic carboxylic acids is 1. The largest absolute Gasteiger partial charge is 0.480 e. The summed E-state index contributed by atoms with van der Waals surface area (Å²) in [5.74, 6) is -1.81. The van der Waals surface area contributed by atoms with E-state index >= 15 is 0 Å². The summed E-state index contributed by atoms with van der Waals surface area (Å²) < 4.78 is 5.62. The Hall–Kier alpha value is -3.39. The molecule has 1 aliphatic carbocycles. The van der Waals surface area contributed by atoms with Crippen LogP contribution >= 0.6 is 0 Å². The minimum Gasteiger partial charge on any atom is -0.480 e. The molecule has 1 heterocycles. The van der Waals surface area contributed by atoms with Gasteiger partial charge in [0.25, 0.3) is 0 Å². The van der Waals surface area contributed by atoms with Gasteiger partial charge in [-0.3, -0.25) is 4.79 Å². The van der Waals surface area contributed by atoms with Gasteiger partial charge in [-0.25, -0.2) is 9.59 Å². The van der Waals surface area contributed by atoms with Gasteiger partial charge in [-0.2, -0.15) is 0 Å². The van der Waals surface area contributed by atoms with Gasteiger partial charge in [-0.05, 0) is 35.1 Å². The van der Waals surface area contributed by atoms with Gasteiger partial charge < -0.3 is 25.2 Å². The van der Waals surface area contributed by atoms with E-state index in [9.17, 15) is 24.6 Å². The number of rotatable bonds is 7. The van der Waals surface area contributed by atoms with Crippen molar-refractivity contribution in [2.24, 2.45) is 0 Å². The number of benzene rings is 2. The number of amides is 2. The lowest BCUT2D eigenvalue weighted by Crippen LogP contribution is -2.61. The molecule has 0 aromatic heterocycles. The van der Waals surface area contributed by atoms with Gasteiger partial charge in [0.05, 0.1) is 6.10 Å². The summed E-state index contributed by atoms with van der Waals surface area (Å²) in [6.45, 7) is 3.54. The third-order valence-electron chi connectivity index (χ3n) is 7.13. The highest BCUT2D eigenvalue weighted by Crippen LogP contribution is 2.44. The molecule has 34 heavy (non-hydrogen) atoms. The molecule has 0 saturated carbocycles. The average Bonchev–Trinajstić information content (AvgIpc) is 3.39. The standard InChI is InChI=1S/C26H30N2O6/c1-3-26(4-2,24(32)28-14-16(29)13-22(28)23(30)31)27-25(33)34-15-21-19-11-7-5-9-17(19)18-10-6-8-12-20(18)21/h5-12,16,21-22,29H,3-4,13-15H2,1-2H3,(H,27,33)(H,30,31)/t16-,22+/m1/s1. The van der Waals surface area contributed by atoms with Gasteiger partial charge in [0, 0.05) is 18.9 Å². The van der Waals surface area contributed by atoms with Crippen molar-refractivity contribution in [3.8, 4) is 11.1 Å². The number of carbonyl (C=O) groups is 3. The van der Waals surface area contributed by atoms with E-state index in [4.69, 9.17) is 4.74 Å². The second kappa shape index (κ2) is 9.46. The van der Waals surface area contributed by atoms with Crippen LogP contribution < -0.4 is 5.32 Å². The maximum absolute atomic E-state index is 13.4. The average molecular weight is 467 g/mol. The smallest absolute Gasteiger partial charge is 0.408 e. The lowest BCUT2D eigenvalue weighted by Gasteiger charge is -2.36. The highest BCUT2D eigenvalue weighted by atomic mass is 16.5. The molecule has 1 aliphatic heterocycles. The quantitative estimate of drug-likeness (QED) is 0.577. The van der Waals surface area contributed by atoms with Crippen LogP contribution in [0.2, 0.25) is 0 Å². The normalized spacial score (nSPS) is 19.4. The van der Waals surface area contributed by atoms with Crippen LogP contribution in [0.15, 0.2) is 48.5 Å². The summed E-state index contributed by atoms with van der Waals surface area (Å²) in [5.41, 5.74) is 3.08. The highest BCUT2D eigenvalue weighted by Gasteiger charge is 2.47. The number of fused-ring (bicyclic) bond motifs is 3. The van der Waals surface area contributed by atoms with Gasteiger partial charge in [-0.1, -0.05) is 62.4 Å². The first-order chi connectivity index (χ1) is 16.3. The number of carboxylic acids is 1. The topological polar surface area (TPSA) is 116 Å². The van der Waals surface area contributed by atoms with Gasteiger partial charge >= 0.3 is 12.1 Å². The summed E-state index contributed by atoms with van der Waals surface area (Å²) in [7, 11) is 0. The van der Waals surface area contributed by atoms with Gasteiger partial charge in [-0.15, -0.1) is 0 Å². The van der Waals surface area contributed by atoms with Crippen molar-refractivity contribution >= 4 is 18.0 Å². The predicted molar refractivity (Wildman–Crippen MR) is 125 cm³/mol. The lowest BCUT2D eigenvalue weighted by molar-refractivity contribution is -0.151. The molecule has 2 atom stereocenters. The van der Waals surface area contributed by atoms with Crippen LogP contribution in [0.25, 0.3) is 11.1 Å². The maximum Gasteiger partial charge on any atom is 0.408 e. The molecule has 2 aliphatic rings. The van der Waals surface area contributed by atoms with Crippen molar-refractivity contribution in [2.75, 3.05) is 13.2 Å². The third kappa shape index (κ3) is 4.14. The van der Waals surface area contributed by atoms with Crippen LogP contribution in [0, 0.1) is 0 Å². The van der Waals surface area contributed by atoms with Crippen LogP contribution in [0.1, 0.15) is 50.2 Å². The number of carbonyl (C=O) groups excluding carboxylic acids is 2. The van der Waals surface area contributed by atoms with Crippen LogP contribution in [-0.2, 0) is 14.3 Å². The monoisotopic (exact) mass is 466 g/mol. The first-order valence-corrected chi connectivity index (χ1v) is 11.7. The second-order valence-corrected chi connectivity index (χ2v) is 8.94. The van der Waals surface area contributed by atoms with Crippen LogP contribution in [0.3, 0.4) is 0 Å². The third-order valence-corrected chi connectivity index (χ3v) is 7.13. The summed E-state index contributed by atoms with van der Waals surface area (Å²) in [6, 6.07) is 14.9. The van der Waals surface area contributed by atoms with Crippen molar-refractivity contribution < 1.29 is 29.3 Å². The molecule has 2 aromatic rings. The summed E-state index contributed by atoms with van der Waals surface area (Å²) in [5, 5.41) is 22.2. The molecule has 3 N–H and O–H groups in total. The number of aliphatic hydroxyl groups is 1. The molecule has 0 radical (unpaired) electrons. The van der Waals surface area contributed by atoms with Crippen molar-refractivity contribution in [1.82, 2.24) is 10.2 Å². The van der Waals surface area contributed by atoms with Gasteiger partial charge in [0.15, 0.2) is 0 Å². The number of likely N-dealkylation sites (tertiary alicyclic amines) is 1. The van der Waals surface area contributed by atoms with Crippen LogP contribution in [0.4, 0.5) is 4.79 Å². The number of nitrogens with zero attached hydrogens (tertiary/aromatic N) is 1. The Kier molecular flexibility index (Phi) is 6.61. The molecule has 1 fully saturated rings. The van der Waals surface area contributed by atoms with E-state index < -0.39 is 35.7 Å². The molecule has 2 aromatic carbocycles. The van der Waals surface area contributed by atoms with E-state index in [1.54, 1.807) is 13.8 Å². The fourth-order valence-corrected chi connectivity index (χ4v) is 5.16. The Morgan fingerprint density at radius 1 is 1.03 bits per heavy atom. The zero-order valence-corrected chi connectivity index (χ0v) is 19.4. The van der Waals surface area contributed by atoms with Gasteiger partial charge in [0.1, 0.15) is 18.2 Å². The number of hydrogen-bond donors (Lipinski definition) is 3. The SMILES string of the molecule is CCC(CC)(NC(=O)OCC1c2ccccc2-c2ccccc21)C(=O)N1C[C@H](O)C[C@H]1C(=O)O. The van der Waals surface area contributed by atoms with Crippen molar-refractivity contribution in [3.63, 3.8) is 0 Å². The molecule has 180 valence electrons. The fraction of sp³-hybridized carbons (Fsp3) is 0.423. The molecule has 0 unspecified atom stereocenters. The van der Waals surface area contributed by atoms with E-state index in [-0.39, 0.29) is 38.3 Å². The van der Waals surface area contributed by atoms with E-state index in [1.165, 1.54) is 0 Å². The van der Waals surface area contributed by atoms with Crippen molar-refractivity contribution in [1.29, 1.82) is 0 Å². The molecule has 1 saturated heterocycles. The zero-order chi connectivity index (χ0) is 24.5. The molecule has 8 heteroatoms. The molecule has 0 spiro atoms. The Morgan fingerprint density at radius 2 is 1.59 bits per heavy atom. The number of hydrogen-bond acceptors (Lipinski definition) is 5. The molecule has 4 rings (SSSR count). The summed E-state index contributed by atoms with van der Waals surface area (Å²) in [4.78, 5) is 39.1. The highest BCUT2D eigenvalue weighted by molar-refractivity contribution is 5.93. The number of alkyl carbamates (subject to hydrolysis) is 1. The Labute approximate surface area is 198 Å². The predicted octanol–water partition coefficient (Wildman–Crippen LogP) is 3.13. The first kappa shape index (κ1) is 23.8. The molecule has 0 bridgehead atoms. The molecule has 8 nitrogen and oxygen atoms in total. The molecule has 2 amide bonds. The first-order valence-electron chi connectivity index (χ1n) is 11.7. The Morgan fingerprint density at radius 3 is 2.12 bits per heavy atom. The van der Waals surface area contributed by atoms with E-state index in [0.717, 1.165) is 27.2 Å². The van der Waals surface area contributed by atoms with E-state index in [2.05, 4.69) is 17.4 Å². The zero-order valence-electron chi connectivity index (χ0n) is 19.4. The number of carboxylic acid groups (broad SMARTS) is 1. The Bertz CT molecular complexity index is 1050. The minimum atomic E-state index is -1.32. The number of aliphatic hydroxyl groups excluding tert-OH is 1. The van der Waals surface area contributed by atoms with E-state index in [0.29, 0.717) is 0 Å². The minimum absolute atomic E-state index is 0.0322. The second-order valence-electron chi connectivity index (χ2n) is 8.94. The number of nitrogens with one attached hydrogen (secondary N) is 1. The van der Waals surface area contributed by atoms with Crippen LogP contribution in [-0.4, -0.2) is 63.9 Å². The van der Waals surface area contributed by atoms with Crippen molar-refractivity contribution in [3.05, 3.63) is 59.7 Å². The molecular weight excluding hydrogens is 436 g/mol. The summed E-state index contributed by atoms with van der Waals surface area (Å²) >= 11 is 0. The lowest BCUT2D eigenvalue weighted by atomic mass is 9.90. The maximum atomic E-state index is 13.4. The van der Waals surface area contributed by atoms with E-state index in [1.807, 2.05) is 36.4 Å². The fourth-order valence-electron chi connectivity index (χ4n) is 5.16. The summed E-state index contributed by atoms with van der Waals surface area (Å²) in [6.07, 6.45) is -1.16. The number of β-amino-alcohol motifs (C(OH)–C–C–N with tert-alkyl or cyclic N) is 1. The van der Waals surface area contributed by atoms with Gasteiger partial charge in [0.2, 0.25) is 5.91 Å². The number of ether oxygens (including phenoxy) is 1. The van der Waals surface area contributed by atoms with Crippen molar-refractivity contribution in [2.45, 2.75) is 56.7 Å². The van der Waals surface area contributed by atoms with Crippen LogP contribution in [0.5, 0.6) is 0 Å².